The molecule has 2 N–H and O–H groups in total. The van der Waals surface area contributed by atoms with E-state index in [9.17, 15) is 13.2 Å². The molecule has 3 rings (SSSR count). The monoisotopic (exact) mass is 308 g/mol. The number of alkyl halides is 3. The highest BCUT2D eigenvalue weighted by atomic mass is 19.4. The number of nitrogen functional groups attached to an aromatic ring is 1. The van der Waals surface area contributed by atoms with Crippen molar-refractivity contribution in [2.75, 3.05) is 5.73 Å². The van der Waals surface area contributed by atoms with Gasteiger partial charge in [0, 0.05) is 0 Å². The van der Waals surface area contributed by atoms with Crippen LogP contribution in [0.5, 0.6) is 5.75 Å². The first kappa shape index (κ1) is 14.2. The summed E-state index contributed by atoms with van der Waals surface area (Å²) in [4.78, 5) is 4.15. The molecule has 0 fully saturated rings. The average molecular weight is 308 g/mol. The highest BCUT2D eigenvalue weighted by Crippen LogP contribution is 2.36. The molecule has 22 heavy (non-hydrogen) atoms. The van der Waals surface area contributed by atoms with Crippen LogP contribution in [0.4, 0.5) is 19.0 Å². The summed E-state index contributed by atoms with van der Waals surface area (Å²) in [6.45, 7) is -0.186. The smallest absolute Gasteiger partial charge is 0.419 e. The zero-order valence-corrected chi connectivity index (χ0v) is 11.2. The van der Waals surface area contributed by atoms with Gasteiger partial charge in [-0.2, -0.15) is 17.7 Å². The molecule has 5 nitrogen and oxygen atoms in total. The summed E-state index contributed by atoms with van der Waals surface area (Å²) in [6, 6.07) is 10.0. The Morgan fingerprint density at radius 3 is 2.59 bits per heavy atom. The van der Waals surface area contributed by atoms with Gasteiger partial charge in [0.05, 0.1) is 5.56 Å². The maximum Gasteiger partial charge on any atom is 0.419 e. The van der Waals surface area contributed by atoms with Crippen LogP contribution in [0, 0.1) is 0 Å². The third-order valence-corrected chi connectivity index (χ3v) is 2.98. The Morgan fingerprint density at radius 1 is 1.09 bits per heavy atom. The predicted molar refractivity (Wildman–Crippen MR) is 73.2 cm³/mol. The molecule has 0 aliphatic rings. The highest BCUT2D eigenvalue weighted by molar-refractivity contribution is 5.46. The van der Waals surface area contributed by atoms with Gasteiger partial charge in [-0.3, -0.25) is 0 Å². The van der Waals surface area contributed by atoms with E-state index in [1.165, 1.54) is 22.7 Å². The van der Waals surface area contributed by atoms with Crippen molar-refractivity contribution in [2.24, 2.45) is 0 Å². The number of hydrogen-bond donors (Lipinski definition) is 1. The van der Waals surface area contributed by atoms with Crippen LogP contribution in [0.15, 0.2) is 42.5 Å². The van der Waals surface area contributed by atoms with Gasteiger partial charge in [-0.15, -0.1) is 5.10 Å². The number of fused-ring (bicyclic) bond motifs is 1. The average Bonchev–Trinajstić information content (AvgIpc) is 2.89. The zero-order chi connectivity index (χ0) is 15.7. The molecule has 0 spiro atoms. The Hall–Kier alpha value is -2.77. The molecular weight excluding hydrogens is 297 g/mol. The summed E-state index contributed by atoms with van der Waals surface area (Å²) in [5.41, 5.74) is 5.40. The first-order chi connectivity index (χ1) is 10.4. The van der Waals surface area contributed by atoms with Crippen LogP contribution in [0.3, 0.4) is 0 Å². The molecule has 0 bridgehead atoms. The second-order valence-electron chi connectivity index (χ2n) is 4.53. The number of ether oxygens (including phenoxy) is 1. The van der Waals surface area contributed by atoms with Gasteiger partial charge in [0.2, 0.25) is 0 Å². The lowest BCUT2D eigenvalue weighted by Crippen LogP contribution is -2.09. The molecule has 1 aromatic carbocycles. The van der Waals surface area contributed by atoms with Crippen LogP contribution >= 0.6 is 0 Å². The molecule has 2 heterocycles. The Balaban J connectivity index is 1.84. The Kier molecular flexibility index (Phi) is 3.36. The van der Waals surface area contributed by atoms with E-state index in [-0.39, 0.29) is 18.2 Å². The molecule has 0 atom stereocenters. The SMILES string of the molecule is Nc1cccc2nc(COc3ccccc3C(F)(F)F)nn12. The number of aromatic nitrogens is 3. The van der Waals surface area contributed by atoms with Crippen LogP contribution in [-0.2, 0) is 12.8 Å². The van der Waals surface area contributed by atoms with Crippen LogP contribution in [0.1, 0.15) is 11.4 Å². The number of pyridine rings is 1. The van der Waals surface area contributed by atoms with Crippen molar-refractivity contribution in [3.05, 3.63) is 53.9 Å². The van der Waals surface area contributed by atoms with Gasteiger partial charge in [-0.25, -0.2) is 4.98 Å². The van der Waals surface area contributed by atoms with Crippen molar-refractivity contribution in [1.82, 2.24) is 14.6 Å². The molecule has 8 heteroatoms. The maximum absolute atomic E-state index is 12.9. The summed E-state index contributed by atoms with van der Waals surface area (Å²) in [7, 11) is 0. The standard InChI is InChI=1S/C14H11F3N4O/c15-14(16,17)9-4-1-2-5-10(9)22-8-12-19-13-7-3-6-11(18)21(13)20-12/h1-7H,8,18H2. The molecule has 0 saturated heterocycles. The zero-order valence-electron chi connectivity index (χ0n) is 11.2. The quantitative estimate of drug-likeness (QED) is 0.808. The fourth-order valence-electron chi connectivity index (χ4n) is 2.00. The highest BCUT2D eigenvalue weighted by Gasteiger charge is 2.34. The van der Waals surface area contributed by atoms with Crippen molar-refractivity contribution in [3.8, 4) is 5.75 Å². The van der Waals surface area contributed by atoms with E-state index >= 15 is 0 Å². The molecule has 0 aliphatic heterocycles. The summed E-state index contributed by atoms with van der Waals surface area (Å²) in [6.07, 6.45) is -4.48. The largest absolute Gasteiger partial charge is 0.485 e. The van der Waals surface area contributed by atoms with E-state index in [1.54, 1.807) is 18.2 Å². The minimum Gasteiger partial charge on any atom is -0.485 e. The summed E-state index contributed by atoms with van der Waals surface area (Å²) in [5, 5.41) is 4.09. The molecule has 0 radical (unpaired) electrons. The summed E-state index contributed by atoms with van der Waals surface area (Å²) >= 11 is 0. The minimum atomic E-state index is -4.48. The summed E-state index contributed by atoms with van der Waals surface area (Å²) in [5.74, 6) is 0.364. The number of benzene rings is 1. The van der Waals surface area contributed by atoms with Crippen molar-refractivity contribution in [3.63, 3.8) is 0 Å². The number of para-hydroxylation sites is 1. The lowest BCUT2D eigenvalue weighted by molar-refractivity contribution is -0.139. The maximum atomic E-state index is 12.9. The Morgan fingerprint density at radius 2 is 1.86 bits per heavy atom. The van der Waals surface area contributed by atoms with E-state index in [0.29, 0.717) is 11.5 Å². The Labute approximate surface area is 123 Å². The van der Waals surface area contributed by atoms with Gasteiger partial charge >= 0.3 is 6.18 Å². The van der Waals surface area contributed by atoms with E-state index in [1.807, 2.05) is 0 Å². The van der Waals surface area contributed by atoms with Crippen LogP contribution < -0.4 is 10.5 Å². The van der Waals surface area contributed by atoms with E-state index < -0.39 is 11.7 Å². The second kappa shape index (κ2) is 5.21. The van der Waals surface area contributed by atoms with Gasteiger partial charge in [0.1, 0.15) is 18.2 Å². The first-order valence-electron chi connectivity index (χ1n) is 6.34. The van der Waals surface area contributed by atoms with Crippen molar-refractivity contribution in [1.29, 1.82) is 0 Å². The van der Waals surface area contributed by atoms with Crippen LogP contribution in [0.2, 0.25) is 0 Å². The van der Waals surface area contributed by atoms with Crippen molar-refractivity contribution < 1.29 is 17.9 Å². The predicted octanol–water partition coefficient (Wildman–Crippen LogP) is 2.91. The molecule has 0 unspecified atom stereocenters. The topological polar surface area (TPSA) is 65.4 Å². The van der Waals surface area contributed by atoms with E-state index in [0.717, 1.165) is 6.07 Å². The Bertz CT molecular complexity index is 813. The van der Waals surface area contributed by atoms with Crippen LogP contribution in [0.25, 0.3) is 5.65 Å². The second-order valence-corrected chi connectivity index (χ2v) is 4.53. The van der Waals surface area contributed by atoms with Gasteiger partial charge in [-0.1, -0.05) is 18.2 Å². The molecular formula is C14H11F3N4O. The molecule has 2 aromatic heterocycles. The van der Waals surface area contributed by atoms with Crippen molar-refractivity contribution >= 4 is 11.5 Å². The normalized spacial score (nSPS) is 11.8. The van der Waals surface area contributed by atoms with Gasteiger partial charge in [-0.05, 0) is 24.3 Å². The molecule has 3 aromatic rings. The lowest BCUT2D eigenvalue weighted by atomic mass is 10.2. The number of nitrogens with zero attached hydrogens (tertiary/aromatic N) is 3. The summed E-state index contributed by atoms with van der Waals surface area (Å²) < 4.78 is 45.2. The number of rotatable bonds is 3. The molecule has 0 aliphatic carbocycles. The van der Waals surface area contributed by atoms with Gasteiger partial charge in [0.25, 0.3) is 0 Å². The first-order valence-corrected chi connectivity index (χ1v) is 6.34. The minimum absolute atomic E-state index is 0.186. The fraction of sp³-hybridized carbons (Fsp3) is 0.143. The van der Waals surface area contributed by atoms with Crippen molar-refractivity contribution in [2.45, 2.75) is 12.8 Å². The number of halogens is 3. The number of anilines is 1. The van der Waals surface area contributed by atoms with E-state index in [4.69, 9.17) is 10.5 Å². The van der Waals surface area contributed by atoms with E-state index in [2.05, 4.69) is 10.1 Å². The third kappa shape index (κ3) is 2.67. The number of hydrogen-bond acceptors (Lipinski definition) is 4. The van der Waals surface area contributed by atoms with Gasteiger partial charge < -0.3 is 10.5 Å². The number of nitrogens with two attached hydrogens (primary N) is 1. The lowest BCUT2D eigenvalue weighted by Gasteiger charge is -2.12. The fourth-order valence-corrected chi connectivity index (χ4v) is 2.00. The third-order valence-electron chi connectivity index (χ3n) is 2.98. The van der Waals surface area contributed by atoms with Crippen LogP contribution in [-0.4, -0.2) is 14.6 Å². The molecule has 0 amide bonds. The van der Waals surface area contributed by atoms with Gasteiger partial charge in [0.15, 0.2) is 11.5 Å². The molecule has 0 saturated carbocycles. The molecule has 114 valence electrons.